The zero-order chi connectivity index (χ0) is 11.6. The molecule has 0 aliphatic carbocycles. The lowest BCUT2D eigenvalue weighted by Gasteiger charge is -2.40. The van der Waals surface area contributed by atoms with Gasteiger partial charge in [0.25, 0.3) is 0 Å². The van der Waals surface area contributed by atoms with E-state index in [2.05, 4.69) is 24.2 Å². The topological polar surface area (TPSA) is 35.5 Å². The molecule has 94 valence electrons. The van der Waals surface area contributed by atoms with Crippen LogP contribution < -0.4 is 5.32 Å². The van der Waals surface area contributed by atoms with Crippen molar-refractivity contribution < 1.29 is 5.11 Å². The first-order valence-electron chi connectivity index (χ1n) is 6.74. The first kappa shape index (κ1) is 12.3. The Labute approximate surface area is 99.2 Å². The normalized spacial score (nSPS) is 42.9. The van der Waals surface area contributed by atoms with Crippen LogP contribution in [0.15, 0.2) is 0 Å². The van der Waals surface area contributed by atoms with Gasteiger partial charge in [0, 0.05) is 12.6 Å². The maximum absolute atomic E-state index is 10.8. The van der Waals surface area contributed by atoms with Crippen molar-refractivity contribution in [2.75, 3.05) is 26.7 Å². The summed E-state index contributed by atoms with van der Waals surface area (Å²) in [6.45, 7) is 5.54. The lowest BCUT2D eigenvalue weighted by Crippen LogP contribution is -2.54. The lowest BCUT2D eigenvalue weighted by molar-refractivity contribution is -0.0250. The number of nitrogens with one attached hydrogen (secondary N) is 1. The van der Waals surface area contributed by atoms with E-state index in [0.717, 1.165) is 51.2 Å². The van der Waals surface area contributed by atoms with E-state index in [1.54, 1.807) is 0 Å². The van der Waals surface area contributed by atoms with E-state index in [-0.39, 0.29) is 0 Å². The van der Waals surface area contributed by atoms with Gasteiger partial charge in [0.05, 0.1) is 5.60 Å². The number of rotatable bonds is 1. The van der Waals surface area contributed by atoms with Crippen molar-refractivity contribution >= 4 is 0 Å². The second-order valence-electron chi connectivity index (χ2n) is 5.90. The van der Waals surface area contributed by atoms with Crippen LogP contribution in [-0.2, 0) is 0 Å². The summed E-state index contributed by atoms with van der Waals surface area (Å²) in [5.74, 6) is 0.760. The van der Waals surface area contributed by atoms with Gasteiger partial charge in [-0.05, 0) is 58.2 Å². The SMILES string of the molecule is CC1CCNC(C2(O)CCCN(C)CC2)C1. The molecule has 0 bridgehead atoms. The highest BCUT2D eigenvalue weighted by atomic mass is 16.3. The van der Waals surface area contributed by atoms with Crippen LogP contribution in [0.25, 0.3) is 0 Å². The fourth-order valence-electron chi connectivity index (χ4n) is 3.14. The average molecular weight is 226 g/mol. The Kier molecular flexibility index (Phi) is 3.88. The van der Waals surface area contributed by atoms with Gasteiger partial charge in [0.2, 0.25) is 0 Å². The van der Waals surface area contributed by atoms with Crippen molar-refractivity contribution in [3.8, 4) is 0 Å². The molecule has 3 atom stereocenters. The molecule has 16 heavy (non-hydrogen) atoms. The van der Waals surface area contributed by atoms with Crippen LogP contribution in [-0.4, -0.2) is 48.3 Å². The molecule has 2 aliphatic heterocycles. The molecule has 0 saturated carbocycles. The lowest BCUT2D eigenvalue weighted by atomic mass is 9.79. The largest absolute Gasteiger partial charge is 0.388 e. The Balaban J connectivity index is 1.99. The summed E-state index contributed by atoms with van der Waals surface area (Å²) in [7, 11) is 2.16. The molecule has 3 unspecified atom stereocenters. The molecule has 0 aromatic heterocycles. The van der Waals surface area contributed by atoms with Crippen LogP contribution in [0.1, 0.15) is 39.0 Å². The molecule has 2 rings (SSSR count). The monoisotopic (exact) mass is 226 g/mol. The number of nitrogens with zero attached hydrogens (tertiary/aromatic N) is 1. The fourth-order valence-corrected chi connectivity index (χ4v) is 3.14. The van der Waals surface area contributed by atoms with E-state index in [4.69, 9.17) is 0 Å². The molecule has 0 radical (unpaired) electrons. The summed E-state index contributed by atoms with van der Waals surface area (Å²) in [6.07, 6.45) is 5.40. The summed E-state index contributed by atoms with van der Waals surface area (Å²) >= 11 is 0. The van der Waals surface area contributed by atoms with E-state index in [1.807, 2.05) is 0 Å². The van der Waals surface area contributed by atoms with Crippen molar-refractivity contribution in [1.29, 1.82) is 0 Å². The summed E-state index contributed by atoms with van der Waals surface area (Å²) < 4.78 is 0. The van der Waals surface area contributed by atoms with Crippen LogP contribution >= 0.6 is 0 Å². The maximum atomic E-state index is 10.8. The van der Waals surface area contributed by atoms with Gasteiger partial charge < -0.3 is 15.3 Å². The van der Waals surface area contributed by atoms with Crippen molar-refractivity contribution in [3.63, 3.8) is 0 Å². The summed E-state index contributed by atoms with van der Waals surface area (Å²) in [4.78, 5) is 2.34. The maximum Gasteiger partial charge on any atom is 0.0812 e. The van der Waals surface area contributed by atoms with Gasteiger partial charge in [-0.1, -0.05) is 6.92 Å². The molecule has 0 aromatic rings. The molecule has 2 heterocycles. The standard InChI is InChI=1S/C13H26N2O/c1-11-4-7-14-12(10-11)13(16)5-3-8-15(2)9-6-13/h11-12,14,16H,3-10H2,1-2H3. The summed E-state index contributed by atoms with van der Waals surface area (Å²) in [6, 6.07) is 0.322. The van der Waals surface area contributed by atoms with E-state index in [0.29, 0.717) is 6.04 Å². The van der Waals surface area contributed by atoms with Crippen molar-refractivity contribution in [2.24, 2.45) is 5.92 Å². The zero-order valence-corrected chi connectivity index (χ0v) is 10.7. The highest BCUT2D eigenvalue weighted by Crippen LogP contribution is 2.31. The van der Waals surface area contributed by atoms with Crippen LogP contribution in [0.5, 0.6) is 0 Å². The molecule has 2 saturated heterocycles. The second-order valence-corrected chi connectivity index (χ2v) is 5.90. The third-order valence-corrected chi connectivity index (χ3v) is 4.39. The van der Waals surface area contributed by atoms with Gasteiger partial charge in [-0.15, -0.1) is 0 Å². The van der Waals surface area contributed by atoms with Gasteiger partial charge >= 0.3 is 0 Å². The first-order valence-corrected chi connectivity index (χ1v) is 6.74. The van der Waals surface area contributed by atoms with E-state index < -0.39 is 5.60 Å². The minimum Gasteiger partial charge on any atom is -0.388 e. The van der Waals surface area contributed by atoms with E-state index in [9.17, 15) is 5.11 Å². The van der Waals surface area contributed by atoms with Crippen LogP contribution in [0.4, 0.5) is 0 Å². The highest BCUT2D eigenvalue weighted by Gasteiger charge is 2.39. The number of likely N-dealkylation sites (tertiary alicyclic amines) is 1. The summed E-state index contributed by atoms with van der Waals surface area (Å²) in [5.41, 5.74) is -0.459. The summed E-state index contributed by atoms with van der Waals surface area (Å²) in [5, 5.41) is 14.4. The molecule has 0 amide bonds. The van der Waals surface area contributed by atoms with Crippen LogP contribution in [0.3, 0.4) is 0 Å². The molecule has 3 nitrogen and oxygen atoms in total. The van der Waals surface area contributed by atoms with E-state index >= 15 is 0 Å². The average Bonchev–Trinajstić information content (AvgIpc) is 2.42. The third-order valence-electron chi connectivity index (χ3n) is 4.39. The van der Waals surface area contributed by atoms with Crippen LogP contribution in [0.2, 0.25) is 0 Å². The van der Waals surface area contributed by atoms with Gasteiger partial charge in [-0.3, -0.25) is 0 Å². The van der Waals surface area contributed by atoms with Crippen LogP contribution in [0, 0.1) is 5.92 Å². The zero-order valence-electron chi connectivity index (χ0n) is 10.7. The molecular formula is C13H26N2O. The minimum atomic E-state index is -0.459. The number of hydrogen-bond acceptors (Lipinski definition) is 3. The quantitative estimate of drug-likeness (QED) is 0.706. The van der Waals surface area contributed by atoms with Gasteiger partial charge in [-0.2, -0.15) is 0 Å². The highest BCUT2D eigenvalue weighted by molar-refractivity contribution is 4.96. The predicted octanol–water partition coefficient (Wildman–Crippen LogP) is 1.22. The molecule has 3 heteroatoms. The molecule has 2 N–H and O–H groups in total. The minimum absolute atomic E-state index is 0.322. The predicted molar refractivity (Wildman–Crippen MR) is 66.5 cm³/mol. The molecular weight excluding hydrogens is 200 g/mol. The van der Waals surface area contributed by atoms with Crippen molar-refractivity contribution in [3.05, 3.63) is 0 Å². The smallest absolute Gasteiger partial charge is 0.0812 e. The molecule has 2 fully saturated rings. The van der Waals surface area contributed by atoms with Gasteiger partial charge in [-0.25, -0.2) is 0 Å². The Bertz CT molecular complexity index is 234. The number of piperidine rings is 1. The molecule has 0 aromatic carbocycles. The Hall–Kier alpha value is -0.120. The Morgan fingerprint density at radius 1 is 1.31 bits per heavy atom. The first-order chi connectivity index (χ1) is 7.60. The van der Waals surface area contributed by atoms with E-state index in [1.165, 1.54) is 6.42 Å². The fraction of sp³-hybridized carbons (Fsp3) is 1.00. The number of aliphatic hydroxyl groups is 1. The third kappa shape index (κ3) is 2.76. The van der Waals surface area contributed by atoms with Crippen molar-refractivity contribution in [2.45, 2.75) is 50.7 Å². The molecule has 0 spiro atoms. The number of hydrogen-bond donors (Lipinski definition) is 2. The molecule has 2 aliphatic rings. The Morgan fingerprint density at radius 3 is 2.88 bits per heavy atom. The van der Waals surface area contributed by atoms with Gasteiger partial charge in [0.1, 0.15) is 0 Å². The second kappa shape index (κ2) is 5.03. The van der Waals surface area contributed by atoms with Crippen molar-refractivity contribution in [1.82, 2.24) is 10.2 Å². The van der Waals surface area contributed by atoms with Gasteiger partial charge in [0.15, 0.2) is 0 Å². The Morgan fingerprint density at radius 2 is 2.12 bits per heavy atom.